The Morgan fingerprint density at radius 3 is 2.61 bits per heavy atom. The summed E-state index contributed by atoms with van der Waals surface area (Å²) < 4.78 is 32.4. The number of imide groups is 2. The molecule has 5 heterocycles. The van der Waals surface area contributed by atoms with E-state index in [1.54, 1.807) is 30.9 Å². The van der Waals surface area contributed by atoms with Crippen LogP contribution in [0.3, 0.4) is 0 Å². The number of hydrogen-bond donors (Lipinski definition) is 3. The number of benzene rings is 1. The molecule has 13 heteroatoms. The van der Waals surface area contributed by atoms with Gasteiger partial charge in [-0.3, -0.25) is 20.2 Å². The fraction of sp³-hybridized carbons (Fsp3) is 0.435. The third-order valence-corrected chi connectivity index (χ3v) is 7.08. The Hall–Kier alpha value is -4.00. The fourth-order valence-electron chi connectivity index (χ4n) is 5.75. The Morgan fingerprint density at radius 1 is 1.17 bits per heavy atom. The van der Waals surface area contributed by atoms with Crippen molar-refractivity contribution in [1.82, 2.24) is 20.9 Å². The van der Waals surface area contributed by atoms with E-state index in [1.165, 1.54) is 0 Å². The molecule has 0 aliphatic carbocycles. The number of halogens is 1. The van der Waals surface area contributed by atoms with Gasteiger partial charge in [-0.05, 0) is 32.4 Å². The fourth-order valence-corrected chi connectivity index (χ4v) is 5.75. The zero-order valence-electron chi connectivity index (χ0n) is 19.7. The molecule has 3 atom stereocenters. The van der Waals surface area contributed by atoms with Gasteiger partial charge in [-0.1, -0.05) is 10.3 Å². The lowest BCUT2D eigenvalue weighted by atomic mass is 9.66. The van der Waals surface area contributed by atoms with Crippen LogP contribution in [0.15, 0.2) is 21.2 Å². The van der Waals surface area contributed by atoms with E-state index in [-0.39, 0.29) is 42.7 Å². The minimum atomic E-state index is -1.70. The van der Waals surface area contributed by atoms with Crippen LogP contribution in [0.5, 0.6) is 0 Å². The third kappa shape index (κ3) is 3.11. The van der Waals surface area contributed by atoms with Crippen LogP contribution in [0.2, 0.25) is 0 Å². The molecule has 1 aromatic carbocycles. The number of urea groups is 1. The van der Waals surface area contributed by atoms with Gasteiger partial charge in [0.15, 0.2) is 17.1 Å². The quantitative estimate of drug-likeness (QED) is 0.456. The number of aromatic nitrogens is 2. The van der Waals surface area contributed by atoms with Crippen LogP contribution >= 0.6 is 0 Å². The highest BCUT2D eigenvalue weighted by Crippen LogP contribution is 2.49. The highest BCUT2D eigenvalue weighted by atomic mass is 19.1. The lowest BCUT2D eigenvalue weighted by Crippen LogP contribution is -2.75. The number of anilines is 2. The summed E-state index contributed by atoms with van der Waals surface area (Å²) in [5.41, 5.74) is -0.487. The number of amides is 4. The number of hydrogen-bond acceptors (Lipinski definition) is 10. The maximum absolute atomic E-state index is 16.0. The number of carbonyl (C=O) groups excluding carboxylic acids is 3. The van der Waals surface area contributed by atoms with E-state index in [0.29, 0.717) is 22.4 Å². The Morgan fingerprint density at radius 2 is 1.92 bits per heavy atom. The SMILES string of the molecule is Cc1cc(CNc2noc3c(F)c4c(cc23)CC2(C(=O)NC(=O)NC2=O)[C@@H]2[C@@H](C)O[C@@H](C)CN42)no1. The number of carbonyl (C=O) groups is 3. The highest BCUT2D eigenvalue weighted by molar-refractivity contribution is 6.20. The Bertz CT molecular complexity index is 1410. The summed E-state index contributed by atoms with van der Waals surface area (Å²) in [5, 5.41) is 15.8. The van der Waals surface area contributed by atoms with E-state index in [9.17, 15) is 14.4 Å². The number of nitrogens with zero attached hydrogens (tertiary/aromatic N) is 3. The molecule has 2 aromatic heterocycles. The number of fused-ring (bicyclic) bond motifs is 5. The highest BCUT2D eigenvalue weighted by Gasteiger charge is 2.63. The second-order valence-electron chi connectivity index (χ2n) is 9.52. The number of ether oxygens (including phenoxy) is 1. The molecule has 0 unspecified atom stereocenters. The van der Waals surface area contributed by atoms with Crippen LogP contribution in [-0.4, -0.2) is 53.0 Å². The monoisotopic (exact) mass is 498 g/mol. The molecule has 0 saturated carbocycles. The van der Waals surface area contributed by atoms with Crippen LogP contribution in [0.1, 0.15) is 30.9 Å². The zero-order valence-corrected chi connectivity index (χ0v) is 19.7. The summed E-state index contributed by atoms with van der Waals surface area (Å²) in [6.45, 7) is 5.82. The first-order valence-electron chi connectivity index (χ1n) is 11.5. The molecule has 6 rings (SSSR count). The first kappa shape index (κ1) is 22.5. The van der Waals surface area contributed by atoms with Gasteiger partial charge < -0.3 is 24.0 Å². The molecule has 4 amide bonds. The molecule has 3 aromatic rings. The predicted octanol–water partition coefficient (Wildman–Crippen LogP) is 1.77. The number of barbiturate groups is 1. The van der Waals surface area contributed by atoms with Gasteiger partial charge in [-0.25, -0.2) is 9.18 Å². The van der Waals surface area contributed by atoms with Gasteiger partial charge in [0.25, 0.3) is 0 Å². The van der Waals surface area contributed by atoms with Gasteiger partial charge >= 0.3 is 6.03 Å². The van der Waals surface area contributed by atoms with Gasteiger partial charge in [-0.15, -0.1) is 0 Å². The van der Waals surface area contributed by atoms with Gasteiger partial charge in [0.05, 0.1) is 35.9 Å². The van der Waals surface area contributed by atoms with Crippen LogP contribution in [0.25, 0.3) is 11.0 Å². The summed E-state index contributed by atoms with van der Waals surface area (Å²) in [7, 11) is 0. The molecule has 3 N–H and O–H groups in total. The lowest BCUT2D eigenvalue weighted by Gasteiger charge is -2.55. The van der Waals surface area contributed by atoms with E-state index in [4.69, 9.17) is 13.8 Å². The number of morpholine rings is 1. The van der Waals surface area contributed by atoms with E-state index in [0.717, 1.165) is 0 Å². The maximum atomic E-state index is 16.0. The molecule has 0 radical (unpaired) electrons. The Balaban J connectivity index is 1.48. The smallest absolute Gasteiger partial charge is 0.328 e. The standard InChI is InChI=1S/C23H23FN6O6/c1-9-4-13(28-35-9)7-25-19-14-5-12-6-23(20(31)26-22(33)27-21(23)32)18-11(3)34-10(2)8-30(18)16(12)15(24)17(14)36-29-19/h4-5,10-11,18H,6-8H2,1-3H3,(H,25,29)(H2,26,27,31,32,33)/t10-,11+,18-/m0/s1. The molecular formula is C23H23FN6O6. The van der Waals surface area contributed by atoms with Gasteiger partial charge in [0, 0.05) is 19.0 Å². The topological polar surface area (TPSA) is 152 Å². The van der Waals surface area contributed by atoms with Crippen molar-refractivity contribution in [2.45, 2.75) is 52.0 Å². The molecule has 1 spiro atoms. The third-order valence-electron chi connectivity index (χ3n) is 7.08. The van der Waals surface area contributed by atoms with Crippen molar-refractivity contribution in [3.05, 3.63) is 35.0 Å². The number of nitrogens with one attached hydrogen (secondary N) is 3. The summed E-state index contributed by atoms with van der Waals surface area (Å²) in [4.78, 5) is 40.1. The summed E-state index contributed by atoms with van der Waals surface area (Å²) >= 11 is 0. The minimum absolute atomic E-state index is 0.0539. The first-order chi connectivity index (χ1) is 17.2. The molecule has 2 saturated heterocycles. The number of aryl methyl sites for hydroxylation is 1. The molecule has 0 bridgehead atoms. The normalized spacial score (nSPS) is 24.9. The summed E-state index contributed by atoms with van der Waals surface area (Å²) in [6, 6.07) is 1.68. The summed E-state index contributed by atoms with van der Waals surface area (Å²) in [5.74, 6) is -1.21. The molecule has 36 heavy (non-hydrogen) atoms. The molecule has 3 aliphatic rings. The first-order valence-corrected chi connectivity index (χ1v) is 11.5. The molecule has 188 valence electrons. The largest absolute Gasteiger partial charge is 0.372 e. The minimum Gasteiger partial charge on any atom is -0.372 e. The van der Waals surface area contributed by atoms with E-state index >= 15 is 4.39 Å². The van der Waals surface area contributed by atoms with Crippen LogP contribution in [0.4, 0.5) is 20.7 Å². The Kier molecular flexibility index (Phi) is 4.84. The summed E-state index contributed by atoms with van der Waals surface area (Å²) in [6.07, 6.45) is -1.06. The van der Waals surface area contributed by atoms with Crippen LogP contribution in [0, 0.1) is 18.2 Å². The lowest BCUT2D eigenvalue weighted by molar-refractivity contribution is -0.153. The molecule has 12 nitrogen and oxygen atoms in total. The van der Waals surface area contributed by atoms with Gasteiger partial charge in [0.1, 0.15) is 11.5 Å². The Labute approximate surface area is 203 Å². The maximum Gasteiger partial charge on any atom is 0.328 e. The number of rotatable bonds is 3. The molecule has 2 fully saturated rings. The van der Waals surface area contributed by atoms with Crippen LogP contribution in [-0.2, 0) is 27.3 Å². The average molecular weight is 498 g/mol. The van der Waals surface area contributed by atoms with E-state index in [1.807, 2.05) is 6.92 Å². The van der Waals surface area contributed by atoms with Gasteiger partial charge in [0.2, 0.25) is 17.4 Å². The van der Waals surface area contributed by atoms with Crippen molar-refractivity contribution < 1.29 is 32.6 Å². The molecule has 3 aliphatic heterocycles. The van der Waals surface area contributed by atoms with Crippen molar-refractivity contribution >= 4 is 40.3 Å². The molecular weight excluding hydrogens is 475 g/mol. The average Bonchev–Trinajstić information content (AvgIpc) is 3.41. The van der Waals surface area contributed by atoms with E-state index < -0.39 is 41.2 Å². The van der Waals surface area contributed by atoms with E-state index in [2.05, 4.69) is 26.3 Å². The second kappa shape index (κ2) is 7.75. The van der Waals surface area contributed by atoms with Gasteiger partial charge in [-0.2, -0.15) is 0 Å². The van der Waals surface area contributed by atoms with Crippen molar-refractivity contribution in [3.8, 4) is 0 Å². The predicted molar refractivity (Wildman–Crippen MR) is 121 cm³/mol. The zero-order chi connectivity index (χ0) is 25.4. The van der Waals surface area contributed by atoms with Crippen molar-refractivity contribution in [2.24, 2.45) is 5.41 Å². The van der Waals surface area contributed by atoms with Crippen molar-refractivity contribution in [2.75, 3.05) is 16.8 Å². The van der Waals surface area contributed by atoms with Crippen molar-refractivity contribution in [3.63, 3.8) is 0 Å². The van der Waals surface area contributed by atoms with Crippen molar-refractivity contribution in [1.29, 1.82) is 0 Å². The van der Waals surface area contributed by atoms with Crippen LogP contribution < -0.4 is 20.9 Å². The second-order valence-corrected chi connectivity index (χ2v) is 9.52.